The molecule has 27 heavy (non-hydrogen) atoms. The molecule has 0 unspecified atom stereocenters. The fraction of sp³-hybridized carbons (Fsp3) is 0.632. The lowest BCUT2D eigenvalue weighted by Gasteiger charge is -2.33. The number of carbonyl (C=O) groups excluding carboxylic acids is 1. The zero-order chi connectivity index (χ0) is 20.1. The minimum Gasteiger partial charge on any atom is -0.444 e. The molecule has 0 spiro atoms. The van der Waals surface area contributed by atoms with E-state index in [1.165, 1.54) is 0 Å². The van der Waals surface area contributed by atoms with Crippen molar-refractivity contribution in [2.24, 2.45) is 0 Å². The molecule has 1 fully saturated rings. The molecule has 1 heterocycles. The lowest BCUT2D eigenvalue weighted by Crippen LogP contribution is -2.47. The summed E-state index contributed by atoms with van der Waals surface area (Å²) in [5, 5.41) is 0. The molecule has 0 radical (unpaired) electrons. The largest absolute Gasteiger partial charge is 0.444 e. The van der Waals surface area contributed by atoms with Crippen LogP contribution in [0.25, 0.3) is 0 Å². The Kier molecular flexibility index (Phi) is 7.54. The van der Waals surface area contributed by atoms with Gasteiger partial charge in [-0.1, -0.05) is 12.1 Å². The van der Waals surface area contributed by atoms with Crippen molar-refractivity contribution in [2.75, 3.05) is 19.0 Å². The molecule has 1 N–H and O–H groups in total. The smallest absolute Gasteiger partial charge is 0.410 e. The van der Waals surface area contributed by atoms with Crippen molar-refractivity contribution in [3.8, 4) is 0 Å². The summed E-state index contributed by atoms with van der Waals surface area (Å²) in [7, 11) is -3.57. The molecule has 1 amide bonds. The lowest BCUT2D eigenvalue weighted by atomic mass is 10.1. The Morgan fingerprint density at radius 1 is 1.22 bits per heavy atom. The Labute approximate surface area is 167 Å². The van der Waals surface area contributed by atoms with E-state index in [9.17, 15) is 13.2 Å². The third-order valence-electron chi connectivity index (χ3n) is 4.30. The van der Waals surface area contributed by atoms with E-state index in [1.807, 2.05) is 32.9 Å². The summed E-state index contributed by atoms with van der Waals surface area (Å²) >= 11 is 5.69. The molecule has 0 aromatic heterocycles. The molecule has 1 aromatic rings. The van der Waals surface area contributed by atoms with Gasteiger partial charge in [0.1, 0.15) is 5.60 Å². The molecule has 1 aliphatic heterocycles. The number of nitrogens with one attached hydrogen (secondary N) is 1. The Balaban J connectivity index is 1.89. The van der Waals surface area contributed by atoms with Gasteiger partial charge in [0.15, 0.2) is 0 Å². The van der Waals surface area contributed by atoms with Crippen molar-refractivity contribution >= 4 is 27.7 Å². The van der Waals surface area contributed by atoms with Crippen molar-refractivity contribution in [2.45, 2.75) is 63.0 Å². The monoisotopic (exact) mass is 416 g/mol. The Morgan fingerprint density at radius 2 is 1.81 bits per heavy atom. The number of alkyl halides is 1. The van der Waals surface area contributed by atoms with Gasteiger partial charge in [0.05, 0.1) is 4.90 Å². The second-order valence-electron chi connectivity index (χ2n) is 7.80. The number of sulfonamides is 1. The third kappa shape index (κ3) is 6.97. The Bertz CT molecular complexity index is 721. The standard InChI is InChI=1S/C19H29ClN2O4S/c1-19(2,3)26-18(23)22-13-10-16(11-14-22)21-27(24,25)17-8-6-15(7-9-17)5-4-12-20/h6-9,16,21H,4-5,10-14H2,1-3H3. The first-order chi connectivity index (χ1) is 12.6. The second kappa shape index (κ2) is 9.26. The highest BCUT2D eigenvalue weighted by molar-refractivity contribution is 7.89. The molecule has 1 saturated heterocycles. The third-order valence-corrected chi connectivity index (χ3v) is 6.10. The molecular formula is C19H29ClN2O4S. The SMILES string of the molecule is CC(C)(C)OC(=O)N1CCC(NS(=O)(=O)c2ccc(CCCCl)cc2)CC1. The molecular weight excluding hydrogens is 388 g/mol. The summed E-state index contributed by atoms with van der Waals surface area (Å²) in [5.41, 5.74) is 0.533. The van der Waals surface area contributed by atoms with Gasteiger partial charge < -0.3 is 9.64 Å². The second-order valence-corrected chi connectivity index (χ2v) is 9.89. The Hall–Kier alpha value is -1.31. The Morgan fingerprint density at radius 3 is 2.33 bits per heavy atom. The van der Waals surface area contributed by atoms with E-state index in [1.54, 1.807) is 17.0 Å². The van der Waals surface area contributed by atoms with Crippen LogP contribution in [0.15, 0.2) is 29.2 Å². The number of benzene rings is 1. The quantitative estimate of drug-likeness (QED) is 0.719. The minimum absolute atomic E-state index is 0.190. The number of rotatable bonds is 6. The zero-order valence-corrected chi connectivity index (χ0v) is 17.8. The number of nitrogens with zero attached hydrogens (tertiary/aromatic N) is 1. The number of ether oxygens (including phenoxy) is 1. The van der Waals surface area contributed by atoms with E-state index in [0.29, 0.717) is 31.8 Å². The number of carbonyl (C=O) groups is 1. The predicted octanol–water partition coefficient (Wildman–Crippen LogP) is 3.54. The van der Waals surface area contributed by atoms with Crippen LogP contribution in [0.4, 0.5) is 4.79 Å². The first-order valence-corrected chi connectivity index (χ1v) is 11.3. The van der Waals surface area contributed by atoms with Crippen molar-refractivity contribution in [1.82, 2.24) is 9.62 Å². The van der Waals surface area contributed by atoms with Gasteiger partial charge in [0, 0.05) is 25.0 Å². The molecule has 1 aliphatic rings. The molecule has 2 rings (SSSR count). The highest BCUT2D eigenvalue weighted by Gasteiger charge is 2.29. The number of hydrogen-bond acceptors (Lipinski definition) is 4. The van der Waals surface area contributed by atoms with Crippen LogP contribution in [0.3, 0.4) is 0 Å². The topological polar surface area (TPSA) is 75.7 Å². The van der Waals surface area contributed by atoms with E-state index >= 15 is 0 Å². The predicted molar refractivity (Wildman–Crippen MR) is 107 cm³/mol. The highest BCUT2D eigenvalue weighted by Crippen LogP contribution is 2.18. The van der Waals surface area contributed by atoms with Crippen LogP contribution in [-0.2, 0) is 21.2 Å². The fourth-order valence-corrected chi connectivity index (χ4v) is 4.34. The highest BCUT2D eigenvalue weighted by atomic mass is 35.5. The van der Waals surface area contributed by atoms with E-state index in [2.05, 4.69) is 4.72 Å². The molecule has 0 bridgehead atoms. The van der Waals surface area contributed by atoms with Crippen LogP contribution in [0.1, 0.15) is 45.6 Å². The van der Waals surface area contributed by atoms with Gasteiger partial charge in [-0.3, -0.25) is 0 Å². The number of piperidine rings is 1. The minimum atomic E-state index is -3.57. The number of halogens is 1. The molecule has 8 heteroatoms. The fourth-order valence-electron chi connectivity index (χ4n) is 2.90. The van der Waals surface area contributed by atoms with Crippen LogP contribution in [-0.4, -0.2) is 50.0 Å². The maximum atomic E-state index is 12.6. The van der Waals surface area contributed by atoms with Gasteiger partial charge >= 0.3 is 6.09 Å². The first-order valence-electron chi connectivity index (χ1n) is 9.26. The summed E-state index contributed by atoms with van der Waals surface area (Å²) in [6, 6.07) is 6.71. The van der Waals surface area contributed by atoms with E-state index < -0.39 is 15.6 Å². The van der Waals surface area contributed by atoms with Crippen LogP contribution in [0, 0.1) is 0 Å². The van der Waals surface area contributed by atoms with Crippen molar-refractivity contribution in [3.05, 3.63) is 29.8 Å². The summed E-state index contributed by atoms with van der Waals surface area (Å²) in [6.07, 6.45) is 2.47. The van der Waals surface area contributed by atoms with Gasteiger partial charge in [-0.05, 0) is 64.2 Å². The van der Waals surface area contributed by atoms with Crippen LogP contribution in [0.5, 0.6) is 0 Å². The average molecular weight is 417 g/mol. The maximum Gasteiger partial charge on any atom is 0.410 e. The molecule has 152 valence electrons. The van der Waals surface area contributed by atoms with Crippen LogP contribution >= 0.6 is 11.6 Å². The van der Waals surface area contributed by atoms with E-state index in [4.69, 9.17) is 16.3 Å². The van der Waals surface area contributed by atoms with Gasteiger partial charge in [-0.25, -0.2) is 17.9 Å². The van der Waals surface area contributed by atoms with Crippen LogP contribution < -0.4 is 4.72 Å². The van der Waals surface area contributed by atoms with Gasteiger partial charge in [-0.2, -0.15) is 0 Å². The summed E-state index contributed by atoms with van der Waals surface area (Å²) in [5.74, 6) is 0.587. The number of hydrogen-bond donors (Lipinski definition) is 1. The number of aryl methyl sites for hydroxylation is 1. The molecule has 0 aliphatic carbocycles. The van der Waals surface area contributed by atoms with Gasteiger partial charge in [0.25, 0.3) is 0 Å². The number of likely N-dealkylation sites (tertiary alicyclic amines) is 1. The van der Waals surface area contributed by atoms with Crippen LogP contribution in [0.2, 0.25) is 0 Å². The molecule has 6 nitrogen and oxygen atoms in total. The summed E-state index contributed by atoms with van der Waals surface area (Å²) in [4.78, 5) is 14.0. The average Bonchev–Trinajstić information content (AvgIpc) is 2.59. The van der Waals surface area contributed by atoms with Crippen molar-refractivity contribution < 1.29 is 17.9 Å². The van der Waals surface area contributed by atoms with E-state index in [-0.39, 0.29) is 17.0 Å². The van der Waals surface area contributed by atoms with Gasteiger partial charge in [-0.15, -0.1) is 11.6 Å². The van der Waals surface area contributed by atoms with Crippen molar-refractivity contribution in [3.63, 3.8) is 0 Å². The maximum absolute atomic E-state index is 12.6. The molecule has 0 saturated carbocycles. The number of amides is 1. The summed E-state index contributed by atoms with van der Waals surface area (Å²) < 4.78 is 33.3. The van der Waals surface area contributed by atoms with Crippen molar-refractivity contribution in [1.29, 1.82) is 0 Å². The summed E-state index contributed by atoms with van der Waals surface area (Å²) in [6.45, 7) is 6.42. The first kappa shape index (κ1) is 22.0. The molecule has 0 atom stereocenters. The molecule has 1 aromatic carbocycles. The van der Waals surface area contributed by atoms with E-state index in [0.717, 1.165) is 18.4 Å². The lowest BCUT2D eigenvalue weighted by molar-refractivity contribution is 0.0203. The normalized spacial score (nSPS) is 16.4. The zero-order valence-electron chi connectivity index (χ0n) is 16.2. The van der Waals surface area contributed by atoms with Gasteiger partial charge in [0.2, 0.25) is 10.0 Å².